The molecule has 49 heavy (non-hydrogen) atoms. The first-order valence-corrected chi connectivity index (χ1v) is 19.3. The predicted octanol–water partition coefficient (Wildman–Crippen LogP) is 5.45. The van der Waals surface area contributed by atoms with Crippen LogP contribution in [-0.4, -0.2) is 82.2 Å². The maximum absolute atomic E-state index is 15.2. The van der Waals surface area contributed by atoms with E-state index in [2.05, 4.69) is 48.5 Å². The number of carbonyl (C=O) groups is 2. The molecule has 9 heteroatoms. The van der Waals surface area contributed by atoms with E-state index in [0.29, 0.717) is 12.3 Å². The normalized spacial score (nSPS) is 55.2. The molecule has 0 amide bonds. The van der Waals surface area contributed by atoms with E-state index in [0.717, 1.165) is 38.5 Å². The van der Waals surface area contributed by atoms with E-state index in [-0.39, 0.29) is 69.2 Å². The molecule has 2 spiro atoms. The Labute approximate surface area is 293 Å². The van der Waals surface area contributed by atoms with E-state index >= 15 is 4.79 Å². The number of esters is 1. The highest BCUT2D eigenvalue weighted by Crippen LogP contribution is 2.94. The molecule has 2 heterocycles. The Balaban J connectivity index is 1.19. The summed E-state index contributed by atoms with van der Waals surface area (Å²) in [5.74, 6) is 0.403. The Bertz CT molecular complexity index is 1370. The van der Waals surface area contributed by atoms with Crippen molar-refractivity contribution in [2.24, 2.45) is 62.1 Å². The van der Waals surface area contributed by atoms with Gasteiger partial charge in [0.25, 0.3) is 0 Å². The zero-order chi connectivity index (χ0) is 36.1. The molecule has 9 nitrogen and oxygen atoms in total. The first kappa shape index (κ1) is 36.3. The third kappa shape index (κ3) is 4.26. The molecule has 5 aliphatic carbocycles. The van der Waals surface area contributed by atoms with Gasteiger partial charge in [0, 0.05) is 24.2 Å². The molecule has 0 unspecified atom stereocenters. The molecule has 7 fully saturated rings. The minimum Gasteiger partial charge on any atom is -0.457 e. The largest absolute Gasteiger partial charge is 0.457 e. The SMILES string of the molecule is CC(=O)O[C@@H]([C@H]1C[C@@H](C)[C@H]2[C@H](O1)C(=O)[C@@]1(C)[C@@H]3CC[C@@]4(C)C(C)(C)[C@@H](O[C@@H]5OC[C@H](O)[C@H](O)[C@H]5C)CC[C@@]45[C@@H](C)[C@@]35CC[C@]21C)C(C)(C)O. The van der Waals surface area contributed by atoms with Gasteiger partial charge in [-0.25, -0.2) is 0 Å². The minimum atomic E-state index is -1.31. The molecule has 3 N–H and O–H groups in total. The van der Waals surface area contributed by atoms with Crippen LogP contribution >= 0.6 is 0 Å². The Kier molecular flexibility index (Phi) is 8.12. The molecular weight excluding hydrogens is 624 g/mol. The number of ketones is 1. The van der Waals surface area contributed by atoms with Gasteiger partial charge in [0.1, 0.15) is 12.2 Å². The van der Waals surface area contributed by atoms with Crippen molar-refractivity contribution in [3.8, 4) is 0 Å². The summed E-state index contributed by atoms with van der Waals surface area (Å²) in [5, 5.41) is 31.8. The van der Waals surface area contributed by atoms with Crippen LogP contribution < -0.4 is 0 Å². The highest BCUT2D eigenvalue weighted by Gasteiger charge is 2.90. The van der Waals surface area contributed by atoms with Crippen molar-refractivity contribution in [2.45, 2.75) is 170 Å². The molecular formula is C40H64O9. The summed E-state index contributed by atoms with van der Waals surface area (Å²) in [7, 11) is 0. The highest BCUT2D eigenvalue weighted by molar-refractivity contribution is 5.93. The van der Waals surface area contributed by atoms with Crippen LogP contribution in [0.25, 0.3) is 0 Å². The van der Waals surface area contributed by atoms with Crippen LogP contribution in [0.15, 0.2) is 0 Å². The zero-order valence-electron chi connectivity index (χ0n) is 31.9. The van der Waals surface area contributed by atoms with Gasteiger partial charge in [-0.05, 0) is 104 Å². The standard InChI is InChI=1S/C40H64O9/c1-20-18-25(32(35(7,8)45)47-23(4)41)48-30-28(20)36(9)16-17-39-22(3)40(39)15-13-27(49-33-21(2)29(43)24(42)19-46-33)34(5,6)37(40,10)14-12-26(39)38(36,11)31(30)44/h20-22,24-30,32-33,42-43,45H,12-19H2,1-11H3/t20-,21-,22+,24+,25-,26+,27+,28+,29-,30+,32+,33+,36-,37+,38-,39+,40-/m1/s1. The molecule has 278 valence electrons. The van der Waals surface area contributed by atoms with Gasteiger partial charge in [-0.1, -0.05) is 55.4 Å². The average molecular weight is 689 g/mol. The molecule has 7 rings (SSSR count). The first-order chi connectivity index (χ1) is 22.6. The molecule has 0 aromatic heterocycles. The lowest BCUT2D eigenvalue weighted by Gasteiger charge is -2.66. The summed E-state index contributed by atoms with van der Waals surface area (Å²) in [6.45, 7) is 23.2. The lowest BCUT2D eigenvalue weighted by molar-refractivity contribution is -0.297. The van der Waals surface area contributed by atoms with E-state index in [1.807, 2.05) is 6.92 Å². The monoisotopic (exact) mass is 688 g/mol. The molecule has 0 radical (unpaired) electrons. The maximum atomic E-state index is 15.2. The van der Waals surface area contributed by atoms with Crippen LogP contribution in [0.3, 0.4) is 0 Å². The maximum Gasteiger partial charge on any atom is 0.303 e. The van der Waals surface area contributed by atoms with E-state index in [1.165, 1.54) is 6.92 Å². The number of rotatable bonds is 5. The van der Waals surface area contributed by atoms with Crippen LogP contribution in [0.4, 0.5) is 0 Å². The van der Waals surface area contributed by atoms with Gasteiger partial charge in [-0.3, -0.25) is 9.59 Å². The molecule has 2 aliphatic heterocycles. The lowest BCUT2D eigenvalue weighted by Crippen LogP contribution is -2.63. The van der Waals surface area contributed by atoms with Gasteiger partial charge in [-0.2, -0.15) is 0 Å². The summed E-state index contributed by atoms with van der Waals surface area (Å²) in [6, 6.07) is 0. The van der Waals surface area contributed by atoms with Gasteiger partial charge in [0.05, 0.1) is 30.5 Å². The van der Waals surface area contributed by atoms with Crippen LogP contribution in [-0.2, 0) is 28.5 Å². The number of aliphatic hydroxyl groups excluding tert-OH is 2. The second-order valence-corrected chi connectivity index (χ2v) is 19.7. The van der Waals surface area contributed by atoms with Crippen molar-refractivity contribution in [3.05, 3.63) is 0 Å². The van der Waals surface area contributed by atoms with E-state index in [4.69, 9.17) is 18.9 Å². The summed E-state index contributed by atoms with van der Waals surface area (Å²) >= 11 is 0. The summed E-state index contributed by atoms with van der Waals surface area (Å²) in [4.78, 5) is 27.3. The molecule has 7 aliphatic rings. The fraction of sp³-hybridized carbons (Fsp3) is 0.950. The quantitative estimate of drug-likeness (QED) is 0.255. The number of hydrogen-bond donors (Lipinski definition) is 3. The van der Waals surface area contributed by atoms with E-state index in [1.54, 1.807) is 13.8 Å². The van der Waals surface area contributed by atoms with Crippen molar-refractivity contribution < 1.29 is 43.9 Å². The molecule has 17 atom stereocenters. The van der Waals surface area contributed by atoms with Gasteiger partial charge in [-0.15, -0.1) is 0 Å². The number of fused-ring (bicyclic) bond motifs is 4. The Morgan fingerprint density at radius 1 is 1.00 bits per heavy atom. The van der Waals surface area contributed by atoms with Crippen LogP contribution in [0, 0.1) is 62.1 Å². The predicted molar refractivity (Wildman–Crippen MR) is 182 cm³/mol. The third-order valence-corrected chi connectivity index (χ3v) is 17.6. The summed E-state index contributed by atoms with van der Waals surface area (Å²) in [5.41, 5.74) is -2.12. The lowest BCUT2D eigenvalue weighted by atomic mass is 9.38. The van der Waals surface area contributed by atoms with Crippen molar-refractivity contribution in [2.75, 3.05) is 6.61 Å². The van der Waals surface area contributed by atoms with Crippen LogP contribution in [0.5, 0.6) is 0 Å². The van der Waals surface area contributed by atoms with Crippen molar-refractivity contribution in [1.82, 2.24) is 0 Å². The molecule has 0 aromatic carbocycles. The fourth-order valence-electron chi connectivity index (χ4n) is 14.8. The van der Waals surface area contributed by atoms with Gasteiger partial charge in [0.15, 0.2) is 18.2 Å². The molecule has 5 saturated carbocycles. The van der Waals surface area contributed by atoms with Crippen molar-refractivity contribution in [3.63, 3.8) is 0 Å². The number of carbonyl (C=O) groups excluding carboxylic acids is 2. The number of ether oxygens (including phenoxy) is 4. The fourth-order valence-corrected chi connectivity index (χ4v) is 14.8. The van der Waals surface area contributed by atoms with E-state index < -0.39 is 53.8 Å². The summed E-state index contributed by atoms with van der Waals surface area (Å²) in [6.07, 6.45) is 2.31. The van der Waals surface area contributed by atoms with Gasteiger partial charge in [0.2, 0.25) is 0 Å². The highest BCUT2D eigenvalue weighted by atomic mass is 16.7. The second-order valence-electron chi connectivity index (χ2n) is 19.7. The van der Waals surface area contributed by atoms with Gasteiger partial charge >= 0.3 is 5.97 Å². The van der Waals surface area contributed by atoms with Crippen LogP contribution in [0.1, 0.15) is 121 Å². The molecule has 2 saturated heterocycles. The second kappa shape index (κ2) is 11.0. The van der Waals surface area contributed by atoms with Crippen molar-refractivity contribution in [1.29, 1.82) is 0 Å². The molecule has 0 bridgehead atoms. The Hall–Kier alpha value is -1.10. The topological polar surface area (TPSA) is 132 Å². The van der Waals surface area contributed by atoms with Gasteiger partial charge < -0.3 is 34.3 Å². The van der Waals surface area contributed by atoms with E-state index in [9.17, 15) is 20.1 Å². The zero-order valence-corrected chi connectivity index (χ0v) is 31.9. The minimum absolute atomic E-state index is 0.0216. The van der Waals surface area contributed by atoms with Crippen LogP contribution in [0.2, 0.25) is 0 Å². The molecule has 0 aromatic rings. The Morgan fingerprint density at radius 3 is 2.31 bits per heavy atom. The Morgan fingerprint density at radius 2 is 1.67 bits per heavy atom. The van der Waals surface area contributed by atoms with Crippen molar-refractivity contribution >= 4 is 11.8 Å². The number of hydrogen-bond acceptors (Lipinski definition) is 9. The number of Topliss-reactive ketones (excluding diaryl/α,β-unsaturated/α-hetero) is 1. The number of aliphatic hydroxyl groups is 3. The smallest absolute Gasteiger partial charge is 0.303 e. The first-order valence-electron chi connectivity index (χ1n) is 19.3. The average Bonchev–Trinajstić information content (AvgIpc) is 3.49. The summed E-state index contributed by atoms with van der Waals surface area (Å²) < 4.78 is 25.2. The third-order valence-electron chi connectivity index (χ3n) is 17.6.